The Morgan fingerprint density at radius 2 is 2.14 bits per heavy atom. The van der Waals surface area contributed by atoms with Crippen molar-refractivity contribution in [1.29, 1.82) is 0 Å². The van der Waals surface area contributed by atoms with Gasteiger partial charge in [0.15, 0.2) is 5.82 Å². The summed E-state index contributed by atoms with van der Waals surface area (Å²) in [5, 5.41) is 13.0. The quantitative estimate of drug-likeness (QED) is 0.715. The molecule has 2 heterocycles. The van der Waals surface area contributed by atoms with Gasteiger partial charge in [0, 0.05) is 18.2 Å². The Hall–Kier alpha value is -2.13. The number of halogens is 1. The van der Waals surface area contributed by atoms with E-state index in [1.165, 1.54) is 12.1 Å². The van der Waals surface area contributed by atoms with Crippen LogP contribution in [0.1, 0.15) is 12.5 Å². The van der Waals surface area contributed by atoms with E-state index >= 15 is 0 Å². The summed E-state index contributed by atoms with van der Waals surface area (Å²) < 4.78 is 40.7. The van der Waals surface area contributed by atoms with Gasteiger partial charge in [-0.3, -0.25) is 4.79 Å². The topological polar surface area (TPSA) is 98.7 Å². The smallest absolute Gasteiger partial charge is 0.326 e. The summed E-state index contributed by atoms with van der Waals surface area (Å²) >= 11 is 0. The van der Waals surface area contributed by atoms with E-state index in [-0.39, 0.29) is 11.6 Å². The van der Waals surface area contributed by atoms with Crippen LogP contribution in [0.15, 0.2) is 18.2 Å². The molecule has 1 aromatic rings. The Morgan fingerprint density at radius 1 is 1.41 bits per heavy atom. The maximum atomic E-state index is 14.8. The molecule has 0 unspecified atom stereocenters. The van der Waals surface area contributed by atoms with Gasteiger partial charge in [-0.25, -0.2) is 13.4 Å². The Kier molecular flexibility index (Phi) is 3.33. The number of amides is 1. The number of carbonyl (C=O) groups is 1. The van der Waals surface area contributed by atoms with Gasteiger partial charge < -0.3 is 10.4 Å². The highest BCUT2D eigenvalue weighted by Crippen LogP contribution is 2.37. The SMILES string of the molecule is C[C@@H]1C=C(c2ccc(O)c(N3CC(=O)NS3(=O)=O)c2F)CN1. The molecule has 1 fully saturated rings. The van der Waals surface area contributed by atoms with Crippen molar-refractivity contribution in [1.82, 2.24) is 10.0 Å². The van der Waals surface area contributed by atoms with Crippen LogP contribution in [0.4, 0.5) is 10.1 Å². The average Bonchev–Trinajstić information content (AvgIpc) is 2.93. The first-order valence-electron chi connectivity index (χ1n) is 6.59. The highest BCUT2D eigenvalue weighted by atomic mass is 32.2. The molecule has 3 N–H and O–H groups in total. The van der Waals surface area contributed by atoms with Crippen molar-refractivity contribution >= 4 is 27.4 Å². The van der Waals surface area contributed by atoms with E-state index in [4.69, 9.17) is 0 Å². The van der Waals surface area contributed by atoms with Gasteiger partial charge >= 0.3 is 10.2 Å². The van der Waals surface area contributed by atoms with Gasteiger partial charge in [0.1, 0.15) is 18.0 Å². The first-order chi connectivity index (χ1) is 10.3. The van der Waals surface area contributed by atoms with E-state index in [9.17, 15) is 22.7 Å². The average molecular weight is 327 g/mol. The van der Waals surface area contributed by atoms with Gasteiger partial charge in [-0.15, -0.1) is 0 Å². The number of aromatic hydroxyl groups is 1. The lowest BCUT2D eigenvalue weighted by molar-refractivity contribution is -0.117. The molecule has 0 spiro atoms. The number of hydrogen-bond acceptors (Lipinski definition) is 5. The monoisotopic (exact) mass is 327 g/mol. The van der Waals surface area contributed by atoms with Crippen molar-refractivity contribution in [3.63, 3.8) is 0 Å². The molecule has 1 aromatic carbocycles. The molecule has 0 aliphatic carbocycles. The molecule has 0 bridgehead atoms. The lowest BCUT2D eigenvalue weighted by Crippen LogP contribution is -2.30. The molecule has 2 aliphatic heterocycles. The summed E-state index contributed by atoms with van der Waals surface area (Å²) in [6, 6.07) is 2.68. The summed E-state index contributed by atoms with van der Waals surface area (Å²) in [7, 11) is -4.19. The molecular formula is C13H14FN3O4S. The molecule has 22 heavy (non-hydrogen) atoms. The Balaban J connectivity index is 2.13. The second kappa shape index (κ2) is 4.96. The number of nitrogens with zero attached hydrogens (tertiary/aromatic N) is 1. The fourth-order valence-electron chi connectivity index (χ4n) is 2.56. The summed E-state index contributed by atoms with van der Waals surface area (Å²) in [6.45, 7) is 1.77. The van der Waals surface area contributed by atoms with Gasteiger partial charge in [0.25, 0.3) is 5.91 Å². The lowest BCUT2D eigenvalue weighted by atomic mass is 10.0. The van der Waals surface area contributed by atoms with Gasteiger partial charge in [-0.05, 0) is 24.6 Å². The standard InChI is InChI=1S/C13H14FN3O4S/c1-7-4-8(5-15-7)9-2-3-10(18)13(12(9)14)17-6-11(19)16-22(17,20)21/h2-4,7,15,18H,5-6H2,1H3,(H,16,19)/t7-/m1/s1. The zero-order valence-electron chi connectivity index (χ0n) is 11.6. The highest BCUT2D eigenvalue weighted by molar-refractivity contribution is 7.92. The fraction of sp³-hybridized carbons (Fsp3) is 0.308. The number of anilines is 1. The van der Waals surface area contributed by atoms with E-state index in [0.717, 1.165) is 0 Å². The lowest BCUT2D eigenvalue weighted by Gasteiger charge is -2.18. The molecule has 7 nitrogen and oxygen atoms in total. The minimum atomic E-state index is -4.19. The highest BCUT2D eigenvalue weighted by Gasteiger charge is 2.38. The number of hydrogen-bond donors (Lipinski definition) is 3. The summed E-state index contributed by atoms with van der Waals surface area (Å²) in [5.41, 5.74) is 0.345. The number of nitrogens with one attached hydrogen (secondary N) is 2. The maximum Gasteiger partial charge on any atom is 0.326 e. The normalized spacial score (nSPS) is 23.5. The van der Waals surface area contributed by atoms with E-state index in [1.54, 1.807) is 4.72 Å². The molecule has 3 rings (SSSR count). The van der Waals surface area contributed by atoms with Crippen LogP contribution in [0.3, 0.4) is 0 Å². The van der Waals surface area contributed by atoms with Crippen molar-refractivity contribution in [2.75, 3.05) is 17.4 Å². The molecule has 0 radical (unpaired) electrons. The molecule has 1 atom stereocenters. The third-order valence-corrected chi connectivity index (χ3v) is 4.95. The second-order valence-corrected chi connectivity index (χ2v) is 6.79. The molecule has 0 aromatic heterocycles. The largest absolute Gasteiger partial charge is 0.506 e. The number of phenolic OH excluding ortho intramolecular Hbond substituents is 1. The van der Waals surface area contributed by atoms with Gasteiger partial charge in [0.2, 0.25) is 0 Å². The summed E-state index contributed by atoms with van der Waals surface area (Å²) in [5.74, 6) is -2.19. The van der Waals surface area contributed by atoms with Crippen molar-refractivity contribution in [3.05, 3.63) is 29.6 Å². The van der Waals surface area contributed by atoms with Gasteiger partial charge in [0.05, 0.1) is 0 Å². The van der Waals surface area contributed by atoms with Crippen LogP contribution < -0.4 is 14.3 Å². The van der Waals surface area contributed by atoms with E-state index in [1.807, 2.05) is 13.0 Å². The minimum Gasteiger partial charge on any atom is -0.506 e. The van der Waals surface area contributed by atoms with Crippen molar-refractivity contribution in [2.45, 2.75) is 13.0 Å². The molecule has 118 valence electrons. The molecule has 1 amide bonds. The van der Waals surface area contributed by atoms with E-state index in [2.05, 4.69) is 5.32 Å². The molecular weight excluding hydrogens is 313 g/mol. The first-order valence-corrected chi connectivity index (χ1v) is 8.03. The van der Waals surface area contributed by atoms with Crippen LogP contribution >= 0.6 is 0 Å². The molecule has 1 saturated heterocycles. The molecule has 2 aliphatic rings. The van der Waals surface area contributed by atoms with Gasteiger partial charge in [-0.2, -0.15) is 8.42 Å². The zero-order chi connectivity index (χ0) is 16.1. The minimum absolute atomic E-state index is 0.0745. The van der Waals surface area contributed by atoms with Crippen LogP contribution in [0.2, 0.25) is 0 Å². The Morgan fingerprint density at radius 3 is 2.68 bits per heavy atom. The molecule has 0 saturated carbocycles. The van der Waals surface area contributed by atoms with E-state index in [0.29, 0.717) is 16.4 Å². The van der Waals surface area contributed by atoms with Crippen molar-refractivity contribution < 1.29 is 22.7 Å². The van der Waals surface area contributed by atoms with Crippen molar-refractivity contribution in [2.24, 2.45) is 0 Å². The van der Waals surface area contributed by atoms with Crippen LogP contribution in [0, 0.1) is 5.82 Å². The van der Waals surface area contributed by atoms with E-state index < -0.39 is 39.9 Å². The third-order valence-electron chi connectivity index (χ3n) is 3.58. The summed E-state index contributed by atoms with van der Waals surface area (Å²) in [4.78, 5) is 11.3. The third kappa shape index (κ3) is 2.32. The predicted octanol–water partition coefficient (Wildman–Crippen LogP) is 0.0874. The van der Waals surface area contributed by atoms with Crippen LogP contribution in [0.25, 0.3) is 5.57 Å². The fourth-order valence-corrected chi connectivity index (χ4v) is 3.72. The van der Waals surface area contributed by atoms with Crippen LogP contribution in [-0.4, -0.2) is 38.6 Å². The maximum absolute atomic E-state index is 14.8. The first kappa shape index (κ1) is 14.8. The number of benzene rings is 1. The van der Waals surface area contributed by atoms with Gasteiger partial charge in [-0.1, -0.05) is 6.08 Å². The summed E-state index contributed by atoms with van der Waals surface area (Å²) in [6.07, 6.45) is 1.82. The number of carbonyl (C=O) groups excluding carboxylic acids is 1. The Labute approximate surface area is 126 Å². The number of rotatable bonds is 2. The van der Waals surface area contributed by atoms with Crippen molar-refractivity contribution in [3.8, 4) is 5.75 Å². The Bertz CT molecular complexity index is 791. The molecule has 9 heteroatoms. The predicted molar refractivity (Wildman–Crippen MR) is 77.9 cm³/mol. The van der Waals surface area contributed by atoms with Crippen LogP contribution in [0.5, 0.6) is 5.75 Å². The second-order valence-electron chi connectivity index (χ2n) is 5.19. The number of phenols is 1. The zero-order valence-corrected chi connectivity index (χ0v) is 12.4. The van der Waals surface area contributed by atoms with Crippen LogP contribution in [-0.2, 0) is 15.0 Å².